The van der Waals surface area contributed by atoms with Crippen LogP contribution in [0.15, 0.2) is 54.6 Å². The van der Waals surface area contributed by atoms with Gasteiger partial charge in [-0.1, -0.05) is 0 Å². The van der Waals surface area contributed by atoms with E-state index in [1.165, 1.54) is 0 Å². The van der Waals surface area contributed by atoms with Crippen LogP contribution >= 0.6 is 20.2 Å². The van der Waals surface area contributed by atoms with Crippen LogP contribution in [0.2, 0.25) is 0 Å². The molecule has 2 aromatic rings. The Hall–Kier alpha value is -1.20. The van der Waals surface area contributed by atoms with E-state index >= 15 is 0 Å². The predicted octanol–water partition coefficient (Wildman–Crippen LogP) is 3.72. The summed E-state index contributed by atoms with van der Waals surface area (Å²) in [7, 11) is 0. The molecule has 2 aromatic carbocycles. The Bertz CT molecular complexity index is 577. The van der Waals surface area contributed by atoms with Crippen molar-refractivity contribution in [2.45, 2.75) is 10.3 Å². The number of carbonyl (C=O) groups is 1. The molecule has 1 unspecified atom stereocenters. The quantitative estimate of drug-likeness (QED) is 0.511. The van der Waals surface area contributed by atoms with E-state index in [1.807, 2.05) is 42.5 Å². The average molecular weight is 366 g/mol. The van der Waals surface area contributed by atoms with Crippen LogP contribution in [0.3, 0.4) is 0 Å². The second-order valence-corrected chi connectivity index (χ2v) is 9.33. The summed E-state index contributed by atoms with van der Waals surface area (Å²) in [5.74, 6) is 0.138. The fourth-order valence-electron chi connectivity index (χ4n) is 2.20. The fraction of sp³-hybridized carbons (Fsp3) is 0.188. The molecule has 0 spiro atoms. The molecule has 2 nitrogen and oxygen atoms in total. The molecule has 1 heterocycles. The third kappa shape index (κ3) is 2.58. The van der Waals surface area contributed by atoms with Crippen LogP contribution in [0.1, 0.15) is 16.8 Å². The molecule has 0 radical (unpaired) electrons. The van der Waals surface area contributed by atoms with Crippen LogP contribution in [0.25, 0.3) is 11.1 Å². The zero-order chi connectivity index (χ0) is 13.2. The van der Waals surface area contributed by atoms with Gasteiger partial charge in [-0.3, -0.25) is 0 Å². The molecule has 1 aliphatic rings. The molecule has 0 amide bonds. The normalized spacial score (nSPS) is 19.8. The van der Waals surface area contributed by atoms with Gasteiger partial charge in [0.1, 0.15) is 0 Å². The van der Waals surface area contributed by atoms with Gasteiger partial charge < -0.3 is 0 Å². The van der Waals surface area contributed by atoms with Gasteiger partial charge in [-0.15, -0.1) is 0 Å². The predicted molar refractivity (Wildman–Crippen MR) is 85.7 cm³/mol. The van der Waals surface area contributed by atoms with Crippen LogP contribution in [0.5, 0.6) is 0 Å². The zero-order valence-corrected chi connectivity index (χ0v) is 12.6. The summed E-state index contributed by atoms with van der Waals surface area (Å²) in [4.78, 5) is 12.2. The van der Waals surface area contributed by atoms with Gasteiger partial charge in [0.25, 0.3) is 0 Å². The molecule has 1 N–H and O–H groups in total. The van der Waals surface area contributed by atoms with Crippen molar-refractivity contribution in [3.05, 3.63) is 60.2 Å². The molecular formula is C16H15IO2. The third-order valence-corrected chi connectivity index (χ3v) is 8.07. The zero-order valence-electron chi connectivity index (χ0n) is 10.4. The van der Waals surface area contributed by atoms with E-state index < -0.39 is 20.2 Å². The molecule has 1 saturated heterocycles. The van der Waals surface area contributed by atoms with Gasteiger partial charge in [0.15, 0.2) is 0 Å². The van der Waals surface area contributed by atoms with Crippen LogP contribution in [0.4, 0.5) is 0 Å². The van der Waals surface area contributed by atoms with Crippen molar-refractivity contribution >= 4 is 26.0 Å². The Morgan fingerprint density at radius 3 is 2.16 bits per heavy atom. The fourth-order valence-corrected chi connectivity index (χ4v) is 5.01. The molecule has 1 aliphatic heterocycles. The van der Waals surface area contributed by atoms with Gasteiger partial charge in [0, 0.05) is 0 Å². The summed E-state index contributed by atoms with van der Waals surface area (Å²) in [6, 6.07) is 17.8. The van der Waals surface area contributed by atoms with Crippen molar-refractivity contribution in [3.63, 3.8) is 0 Å². The molecule has 19 heavy (non-hydrogen) atoms. The van der Waals surface area contributed by atoms with E-state index in [-0.39, 0.29) is 9.71 Å². The molecule has 3 rings (SSSR count). The Kier molecular flexibility index (Phi) is 3.66. The summed E-state index contributed by atoms with van der Waals surface area (Å²) < 4.78 is 10.6. The number of halogens is 1. The second-order valence-electron chi connectivity index (χ2n) is 4.62. The molecule has 0 bridgehead atoms. The molecule has 0 aromatic heterocycles. The van der Waals surface area contributed by atoms with Gasteiger partial charge in [0.05, 0.1) is 0 Å². The SMILES string of the molecule is O=C(c1ccc(-c2ccccc2)cc1)C1CCI1O. The number of ketones is 1. The van der Waals surface area contributed by atoms with Crippen molar-refractivity contribution in [2.75, 3.05) is 4.43 Å². The first kappa shape index (κ1) is 12.8. The van der Waals surface area contributed by atoms with Crippen LogP contribution in [-0.2, 0) is 0 Å². The molecular weight excluding hydrogens is 351 g/mol. The number of rotatable bonds is 3. The number of benzene rings is 2. The van der Waals surface area contributed by atoms with E-state index in [9.17, 15) is 8.23 Å². The Labute approximate surface area is 120 Å². The van der Waals surface area contributed by atoms with Gasteiger partial charge in [-0.2, -0.15) is 0 Å². The van der Waals surface area contributed by atoms with Crippen molar-refractivity contribution in [2.24, 2.45) is 0 Å². The molecule has 3 heteroatoms. The van der Waals surface area contributed by atoms with Gasteiger partial charge in [0.2, 0.25) is 0 Å². The Balaban J connectivity index is 1.81. The number of alkyl halides is 2. The topological polar surface area (TPSA) is 37.3 Å². The summed E-state index contributed by atoms with van der Waals surface area (Å²) in [5, 5.41) is 0. The number of carbonyl (C=O) groups excluding carboxylic acids is 1. The van der Waals surface area contributed by atoms with Crippen molar-refractivity contribution < 1.29 is 8.23 Å². The van der Waals surface area contributed by atoms with Crippen molar-refractivity contribution in [1.29, 1.82) is 0 Å². The van der Waals surface area contributed by atoms with Crippen molar-refractivity contribution in [3.8, 4) is 11.1 Å². The standard InChI is InChI=1S/C16H15IO2/c18-16(15-10-11-17(15)19)14-8-6-13(7-9-14)12-4-2-1-3-5-12/h1-9,15,19H,10-11H2. The van der Waals surface area contributed by atoms with Gasteiger partial charge >= 0.3 is 120 Å². The minimum atomic E-state index is -1.90. The Morgan fingerprint density at radius 1 is 1.00 bits per heavy atom. The van der Waals surface area contributed by atoms with E-state index in [0.717, 1.165) is 27.5 Å². The number of hydrogen-bond acceptors (Lipinski definition) is 2. The van der Waals surface area contributed by atoms with E-state index in [2.05, 4.69) is 12.1 Å². The molecule has 0 saturated carbocycles. The molecule has 1 atom stereocenters. The van der Waals surface area contributed by atoms with E-state index in [0.29, 0.717) is 0 Å². The Morgan fingerprint density at radius 2 is 1.63 bits per heavy atom. The average Bonchev–Trinajstić information content (AvgIpc) is 2.47. The first-order chi connectivity index (χ1) is 9.25. The number of hydrogen-bond donors (Lipinski definition) is 1. The molecule has 1 fully saturated rings. The summed E-state index contributed by atoms with van der Waals surface area (Å²) in [6.45, 7) is 0. The van der Waals surface area contributed by atoms with E-state index in [4.69, 9.17) is 0 Å². The maximum absolute atomic E-state index is 12.2. The third-order valence-electron chi connectivity index (χ3n) is 3.42. The van der Waals surface area contributed by atoms with Gasteiger partial charge in [-0.05, 0) is 0 Å². The summed E-state index contributed by atoms with van der Waals surface area (Å²) in [5.41, 5.74) is 3.01. The minimum absolute atomic E-state index is 0.0354. The van der Waals surface area contributed by atoms with Crippen LogP contribution < -0.4 is 0 Å². The molecule has 98 valence electrons. The number of Topliss-reactive ketones (excluding diaryl/α,β-unsaturated/α-hetero) is 1. The first-order valence-electron chi connectivity index (χ1n) is 6.29. The maximum atomic E-state index is 12.2. The summed E-state index contributed by atoms with van der Waals surface area (Å²) >= 11 is -1.90. The van der Waals surface area contributed by atoms with Gasteiger partial charge in [-0.25, -0.2) is 0 Å². The van der Waals surface area contributed by atoms with Crippen molar-refractivity contribution in [1.82, 2.24) is 0 Å². The van der Waals surface area contributed by atoms with E-state index in [1.54, 1.807) is 0 Å². The monoisotopic (exact) mass is 366 g/mol. The molecule has 0 aliphatic carbocycles. The first-order valence-corrected chi connectivity index (χ1v) is 10.0. The van der Waals surface area contributed by atoms with Crippen LogP contribution in [-0.4, -0.2) is 17.6 Å². The summed E-state index contributed by atoms with van der Waals surface area (Å²) in [6.07, 6.45) is 0.876. The second kappa shape index (κ2) is 5.43. The van der Waals surface area contributed by atoms with Crippen LogP contribution in [0, 0.1) is 0 Å².